The maximum absolute atomic E-state index is 12.8. The smallest absolute Gasteiger partial charge is 0.291 e. The summed E-state index contributed by atoms with van der Waals surface area (Å²) in [4.78, 5) is 18.4. The van der Waals surface area contributed by atoms with Crippen LogP contribution in [0.4, 0.5) is 8.78 Å². The van der Waals surface area contributed by atoms with Gasteiger partial charge in [0.05, 0.1) is 17.6 Å². The van der Waals surface area contributed by atoms with E-state index in [9.17, 15) is 13.6 Å². The molecule has 1 saturated carbocycles. The Morgan fingerprint density at radius 2 is 2.17 bits per heavy atom. The van der Waals surface area contributed by atoms with Gasteiger partial charge in [-0.25, -0.2) is 4.98 Å². The summed E-state index contributed by atoms with van der Waals surface area (Å²) in [6.07, 6.45) is 1.85. The van der Waals surface area contributed by atoms with Crippen molar-refractivity contribution in [2.45, 2.75) is 36.3 Å². The molecule has 5 nitrogen and oxygen atoms in total. The molecule has 1 heterocycles. The fraction of sp³-hybridized carbons (Fsp3) is 0.467. The topological polar surface area (TPSA) is 58.4 Å². The number of aliphatic hydroxyl groups is 1. The van der Waals surface area contributed by atoms with Gasteiger partial charge < -0.3 is 14.6 Å². The Hall–Kier alpha value is -1.67. The fourth-order valence-corrected chi connectivity index (χ4v) is 3.21. The van der Waals surface area contributed by atoms with Crippen molar-refractivity contribution >= 4 is 28.7 Å². The lowest BCUT2D eigenvalue weighted by atomic mass is 10.3. The Morgan fingerprint density at radius 3 is 2.83 bits per heavy atom. The van der Waals surface area contributed by atoms with Crippen molar-refractivity contribution in [3.8, 4) is 0 Å². The lowest BCUT2D eigenvalue weighted by Crippen LogP contribution is -2.37. The van der Waals surface area contributed by atoms with E-state index in [1.54, 1.807) is 29.2 Å². The average molecular weight is 341 g/mol. The standard InChI is InChI=1S/C15H17F2N3O2S/c16-14(17)23-15-18-11-3-1-2-4-12(11)20(15)9-13(22)19(7-8-21)10-5-6-10/h1-4,10,14,21H,5-9H2. The number of hydrogen-bond acceptors (Lipinski definition) is 4. The molecule has 124 valence electrons. The highest BCUT2D eigenvalue weighted by Gasteiger charge is 2.32. The Morgan fingerprint density at radius 1 is 1.43 bits per heavy atom. The van der Waals surface area contributed by atoms with Gasteiger partial charge in [-0.3, -0.25) is 4.79 Å². The number of nitrogens with zero attached hydrogens (tertiary/aromatic N) is 3. The molecule has 1 aliphatic carbocycles. The molecule has 0 unspecified atom stereocenters. The van der Waals surface area contributed by atoms with Crippen LogP contribution in [0, 0.1) is 0 Å². The summed E-state index contributed by atoms with van der Waals surface area (Å²) < 4.78 is 27.1. The minimum atomic E-state index is -2.60. The van der Waals surface area contributed by atoms with Crippen LogP contribution in [0.2, 0.25) is 0 Å². The second-order valence-electron chi connectivity index (χ2n) is 5.39. The van der Waals surface area contributed by atoms with E-state index in [-0.39, 0.29) is 36.8 Å². The minimum absolute atomic E-state index is 0.0495. The lowest BCUT2D eigenvalue weighted by molar-refractivity contribution is -0.133. The number of para-hydroxylation sites is 2. The van der Waals surface area contributed by atoms with Crippen molar-refractivity contribution < 1.29 is 18.7 Å². The Bertz CT molecular complexity index is 703. The average Bonchev–Trinajstić information content (AvgIpc) is 3.29. The zero-order chi connectivity index (χ0) is 16.4. The van der Waals surface area contributed by atoms with Crippen LogP contribution in [0.5, 0.6) is 0 Å². The van der Waals surface area contributed by atoms with Gasteiger partial charge in [0.25, 0.3) is 5.76 Å². The summed E-state index contributed by atoms with van der Waals surface area (Å²) in [7, 11) is 0. The number of halogens is 2. The van der Waals surface area contributed by atoms with Crippen LogP contribution in [0.1, 0.15) is 12.8 Å². The third-order valence-corrected chi connectivity index (χ3v) is 4.46. The predicted octanol–water partition coefficient (Wildman–Crippen LogP) is 2.33. The van der Waals surface area contributed by atoms with Crippen molar-refractivity contribution in [2.24, 2.45) is 0 Å². The summed E-state index contributed by atoms with van der Waals surface area (Å²) >= 11 is 0.340. The van der Waals surface area contributed by atoms with Crippen molar-refractivity contribution in [1.29, 1.82) is 0 Å². The molecule has 1 aliphatic rings. The largest absolute Gasteiger partial charge is 0.395 e. The summed E-state index contributed by atoms with van der Waals surface area (Å²) in [5.41, 5.74) is 1.24. The van der Waals surface area contributed by atoms with Gasteiger partial charge in [-0.2, -0.15) is 8.78 Å². The van der Waals surface area contributed by atoms with Crippen LogP contribution in [0.3, 0.4) is 0 Å². The maximum Gasteiger partial charge on any atom is 0.291 e. The molecule has 2 aromatic rings. The van der Waals surface area contributed by atoms with Crippen LogP contribution in [0.25, 0.3) is 11.0 Å². The van der Waals surface area contributed by atoms with Crippen LogP contribution in [-0.2, 0) is 11.3 Å². The molecule has 0 radical (unpaired) electrons. The first-order valence-corrected chi connectivity index (χ1v) is 8.28. The molecule has 0 aliphatic heterocycles. The molecule has 0 saturated heterocycles. The molecule has 23 heavy (non-hydrogen) atoms. The molecule has 0 atom stereocenters. The second-order valence-corrected chi connectivity index (χ2v) is 6.35. The number of imidazole rings is 1. The van der Waals surface area contributed by atoms with E-state index in [0.717, 1.165) is 12.8 Å². The van der Waals surface area contributed by atoms with Gasteiger partial charge >= 0.3 is 0 Å². The molecule has 1 aromatic carbocycles. The van der Waals surface area contributed by atoms with E-state index in [4.69, 9.17) is 5.11 Å². The van der Waals surface area contributed by atoms with Crippen molar-refractivity contribution in [2.75, 3.05) is 13.2 Å². The van der Waals surface area contributed by atoms with Gasteiger partial charge in [-0.15, -0.1) is 0 Å². The predicted molar refractivity (Wildman–Crippen MR) is 83.4 cm³/mol. The van der Waals surface area contributed by atoms with E-state index >= 15 is 0 Å². The highest BCUT2D eigenvalue weighted by atomic mass is 32.2. The molecule has 1 fully saturated rings. The summed E-state index contributed by atoms with van der Waals surface area (Å²) in [5, 5.41) is 9.25. The number of rotatable bonds is 7. The first kappa shape index (κ1) is 16.2. The minimum Gasteiger partial charge on any atom is -0.395 e. The fourth-order valence-electron chi connectivity index (χ4n) is 2.61. The molecule has 1 N–H and O–H groups in total. The van der Waals surface area contributed by atoms with Crippen molar-refractivity contribution in [3.63, 3.8) is 0 Å². The van der Waals surface area contributed by atoms with Gasteiger partial charge in [0.2, 0.25) is 5.91 Å². The number of aliphatic hydroxyl groups excluding tert-OH is 1. The Labute approximate surface area is 136 Å². The van der Waals surface area contributed by atoms with E-state index in [2.05, 4.69) is 4.98 Å². The molecular formula is C15H17F2N3O2S. The summed E-state index contributed by atoms with van der Waals surface area (Å²) in [5.74, 6) is -2.78. The van der Waals surface area contributed by atoms with E-state index < -0.39 is 5.76 Å². The summed E-state index contributed by atoms with van der Waals surface area (Å²) in [6.45, 7) is 0.116. The van der Waals surface area contributed by atoms with Crippen molar-refractivity contribution in [1.82, 2.24) is 14.5 Å². The number of thioether (sulfide) groups is 1. The SMILES string of the molecule is O=C(Cn1c(SC(F)F)nc2ccccc21)N(CCO)C1CC1. The monoisotopic (exact) mass is 341 g/mol. The summed E-state index contributed by atoms with van der Waals surface area (Å²) in [6, 6.07) is 7.22. The highest BCUT2D eigenvalue weighted by molar-refractivity contribution is 7.99. The molecular weight excluding hydrogens is 324 g/mol. The zero-order valence-corrected chi connectivity index (χ0v) is 13.2. The first-order chi connectivity index (χ1) is 11.1. The van der Waals surface area contributed by atoms with Gasteiger partial charge in [-0.1, -0.05) is 12.1 Å². The number of aromatic nitrogens is 2. The van der Waals surface area contributed by atoms with Crippen LogP contribution >= 0.6 is 11.8 Å². The van der Waals surface area contributed by atoms with Gasteiger partial charge in [0, 0.05) is 12.6 Å². The van der Waals surface area contributed by atoms with Crippen LogP contribution in [0.15, 0.2) is 29.4 Å². The van der Waals surface area contributed by atoms with E-state index in [1.165, 1.54) is 4.57 Å². The lowest BCUT2D eigenvalue weighted by Gasteiger charge is -2.22. The number of carbonyl (C=O) groups is 1. The van der Waals surface area contributed by atoms with Gasteiger partial charge in [0.1, 0.15) is 6.54 Å². The molecule has 1 amide bonds. The van der Waals surface area contributed by atoms with E-state index in [0.29, 0.717) is 22.8 Å². The quantitative estimate of drug-likeness (QED) is 0.786. The number of benzene rings is 1. The highest BCUT2D eigenvalue weighted by Crippen LogP contribution is 2.30. The second kappa shape index (κ2) is 6.84. The number of hydrogen-bond donors (Lipinski definition) is 1. The first-order valence-electron chi connectivity index (χ1n) is 7.40. The zero-order valence-electron chi connectivity index (χ0n) is 12.4. The normalized spacial score (nSPS) is 14.6. The van der Waals surface area contributed by atoms with Gasteiger partial charge in [0.15, 0.2) is 5.16 Å². The number of alkyl halides is 2. The van der Waals surface area contributed by atoms with Gasteiger partial charge in [-0.05, 0) is 36.7 Å². The molecule has 8 heteroatoms. The third kappa shape index (κ3) is 3.64. The number of amides is 1. The molecule has 0 spiro atoms. The van der Waals surface area contributed by atoms with Crippen LogP contribution < -0.4 is 0 Å². The van der Waals surface area contributed by atoms with Crippen molar-refractivity contribution in [3.05, 3.63) is 24.3 Å². The number of fused-ring (bicyclic) bond motifs is 1. The number of carbonyl (C=O) groups excluding carboxylic acids is 1. The van der Waals surface area contributed by atoms with E-state index in [1.807, 2.05) is 0 Å². The Balaban J connectivity index is 1.89. The molecule has 1 aromatic heterocycles. The maximum atomic E-state index is 12.8. The van der Waals surface area contributed by atoms with Crippen LogP contribution in [-0.4, -0.2) is 50.4 Å². The molecule has 0 bridgehead atoms. The third-order valence-electron chi connectivity index (χ3n) is 3.76. The molecule has 3 rings (SSSR count). The Kier molecular flexibility index (Phi) is 4.82.